The summed E-state index contributed by atoms with van der Waals surface area (Å²) in [4.78, 5) is 12.2. The molecule has 0 aliphatic heterocycles. The molecule has 0 aromatic carbocycles. The summed E-state index contributed by atoms with van der Waals surface area (Å²) < 4.78 is 4.61. The summed E-state index contributed by atoms with van der Waals surface area (Å²) in [5.74, 6) is -0.309. The van der Waals surface area contributed by atoms with Crippen LogP contribution in [0.3, 0.4) is 0 Å². The van der Waals surface area contributed by atoms with Crippen molar-refractivity contribution in [2.75, 3.05) is 7.11 Å². The Morgan fingerprint density at radius 3 is 2.81 bits per heavy atom. The summed E-state index contributed by atoms with van der Waals surface area (Å²) in [7, 11) is 1.37. The monoisotopic (exact) mass is 238 g/mol. The first kappa shape index (κ1) is 12.4. The maximum atomic E-state index is 11.2. The van der Waals surface area contributed by atoms with E-state index in [4.69, 9.17) is 0 Å². The van der Waals surface area contributed by atoms with Gasteiger partial charge < -0.3 is 4.74 Å². The third-order valence-electron chi connectivity index (χ3n) is 1.80. The van der Waals surface area contributed by atoms with Gasteiger partial charge in [0.1, 0.15) is 0 Å². The van der Waals surface area contributed by atoms with Crippen LogP contribution in [0.2, 0.25) is 0 Å². The van der Waals surface area contributed by atoms with E-state index >= 15 is 0 Å². The van der Waals surface area contributed by atoms with E-state index in [1.54, 1.807) is 23.8 Å². The molecule has 0 spiro atoms. The van der Waals surface area contributed by atoms with Crippen LogP contribution in [0.1, 0.15) is 24.2 Å². The van der Waals surface area contributed by atoms with E-state index in [0.29, 0.717) is 5.56 Å². The number of H-pyrrole nitrogens is 1. The zero-order chi connectivity index (χ0) is 12.0. The molecular formula is C11H14N2O2S. The number of methoxy groups -OCH3 is 1. The molecule has 86 valence electrons. The van der Waals surface area contributed by atoms with E-state index in [2.05, 4.69) is 14.9 Å². The summed E-state index contributed by atoms with van der Waals surface area (Å²) in [5, 5.41) is 8.33. The van der Waals surface area contributed by atoms with Gasteiger partial charge in [0, 0.05) is 22.0 Å². The Labute approximate surface area is 98.3 Å². The SMILES string of the molecule is CC.COC(=O)c1csc(-c2cn[nH]c2)c1. The molecule has 5 heteroatoms. The number of carbonyl (C=O) groups is 1. The molecule has 4 nitrogen and oxygen atoms in total. The van der Waals surface area contributed by atoms with Crippen molar-refractivity contribution in [3.63, 3.8) is 0 Å². The average molecular weight is 238 g/mol. The van der Waals surface area contributed by atoms with Gasteiger partial charge in [-0.2, -0.15) is 5.10 Å². The van der Waals surface area contributed by atoms with Crippen molar-refractivity contribution in [1.29, 1.82) is 0 Å². The Morgan fingerprint density at radius 1 is 1.50 bits per heavy atom. The van der Waals surface area contributed by atoms with Crippen LogP contribution < -0.4 is 0 Å². The van der Waals surface area contributed by atoms with Crippen LogP contribution >= 0.6 is 11.3 Å². The summed E-state index contributed by atoms with van der Waals surface area (Å²) in [6.07, 6.45) is 3.50. The molecule has 2 aromatic heterocycles. The minimum Gasteiger partial charge on any atom is -0.465 e. The molecule has 0 radical (unpaired) electrons. The van der Waals surface area contributed by atoms with Gasteiger partial charge in [0.15, 0.2) is 0 Å². The van der Waals surface area contributed by atoms with Crippen LogP contribution in [-0.2, 0) is 4.74 Å². The van der Waals surface area contributed by atoms with Crippen LogP contribution in [0.15, 0.2) is 23.8 Å². The molecule has 2 rings (SSSR count). The molecule has 0 aliphatic rings. The number of thiophene rings is 1. The second kappa shape index (κ2) is 6.07. The highest BCUT2D eigenvalue weighted by atomic mass is 32.1. The predicted molar refractivity (Wildman–Crippen MR) is 64.6 cm³/mol. The van der Waals surface area contributed by atoms with E-state index in [1.807, 2.05) is 13.8 Å². The molecule has 0 saturated carbocycles. The van der Waals surface area contributed by atoms with E-state index in [0.717, 1.165) is 10.4 Å². The van der Waals surface area contributed by atoms with E-state index < -0.39 is 0 Å². The zero-order valence-electron chi connectivity index (χ0n) is 9.48. The molecule has 1 N–H and O–H groups in total. The van der Waals surface area contributed by atoms with Crippen LogP contribution in [0.4, 0.5) is 0 Å². The second-order valence-electron chi connectivity index (χ2n) is 2.68. The van der Waals surface area contributed by atoms with Gasteiger partial charge in [-0.25, -0.2) is 4.79 Å². The van der Waals surface area contributed by atoms with Gasteiger partial charge in [-0.3, -0.25) is 5.10 Å². The van der Waals surface area contributed by atoms with Crippen LogP contribution in [0.25, 0.3) is 10.4 Å². The first-order valence-corrected chi connectivity index (χ1v) is 5.85. The zero-order valence-corrected chi connectivity index (χ0v) is 10.3. The van der Waals surface area contributed by atoms with Gasteiger partial charge in [0.05, 0.1) is 18.9 Å². The molecule has 0 unspecified atom stereocenters. The third kappa shape index (κ3) is 2.70. The normalized spacial score (nSPS) is 9.19. The standard InChI is InChI=1S/C9H8N2O2S.C2H6/c1-13-9(12)6-2-8(14-5-6)7-3-10-11-4-7;1-2/h2-5H,1H3,(H,10,11);1-2H3. The molecule has 2 aromatic rings. The van der Waals surface area contributed by atoms with Gasteiger partial charge in [-0.05, 0) is 6.07 Å². The summed E-state index contributed by atoms with van der Waals surface area (Å²) in [5.41, 5.74) is 1.55. The maximum absolute atomic E-state index is 11.2. The number of hydrogen-bond acceptors (Lipinski definition) is 4. The summed E-state index contributed by atoms with van der Waals surface area (Å²) in [6, 6.07) is 1.79. The summed E-state index contributed by atoms with van der Waals surface area (Å²) in [6.45, 7) is 4.00. The Morgan fingerprint density at radius 2 is 2.25 bits per heavy atom. The fraction of sp³-hybridized carbons (Fsp3) is 0.273. The minimum atomic E-state index is -0.309. The highest BCUT2D eigenvalue weighted by Crippen LogP contribution is 2.26. The lowest BCUT2D eigenvalue weighted by Crippen LogP contribution is -1.97. The lowest BCUT2D eigenvalue weighted by Gasteiger charge is -1.91. The Kier molecular flexibility index (Phi) is 4.72. The number of rotatable bonds is 2. The maximum Gasteiger partial charge on any atom is 0.338 e. The van der Waals surface area contributed by atoms with E-state index in [9.17, 15) is 4.79 Å². The van der Waals surface area contributed by atoms with Crippen LogP contribution in [0.5, 0.6) is 0 Å². The first-order valence-electron chi connectivity index (χ1n) is 4.97. The summed E-state index contributed by atoms with van der Waals surface area (Å²) >= 11 is 1.49. The van der Waals surface area contributed by atoms with E-state index in [-0.39, 0.29) is 5.97 Å². The molecule has 0 aliphatic carbocycles. The number of aromatic nitrogens is 2. The van der Waals surface area contributed by atoms with E-state index in [1.165, 1.54) is 18.4 Å². The minimum absolute atomic E-state index is 0.309. The average Bonchev–Trinajstić information content (AvgIpc) is 3.00. The lowest BCUT2D eigenvalue weighted by molar-refractivity contribution is 0.0601. The number of nitrogens with zero attached hydrogens (tertiary/aromatic N) is 1. The Hall–Kier alpha value is -1.62. The fourth-order valence-electron chi connectivity index (χ4n) is 1.10. The van der Waals surface area contributed by atoms with Gasteiger partial charge in [0.25, 0.3) is 0 Å². The molecular weight excluding hydrogens is 224 g/mol. The Bertz CT molecular complexity index is 435. The topological polar surface area (TPSA) is 55.0 Å². The van der Waals surface area contributed by atoms with Crippen molar-refractivity contribution < 1.29 is 9.53 Å². The van der Waals surface area contributed by atoms with Crippen molar-refractivity contribution >= 4 is 17.3 Å². The quantitative estimate of drug-likeness (QED) is 0.818. The molecule has 2 heterocycles. The van der Waals surface area contributed by atoms with Gasteiger partial charge >= 0.3 is 5.97 Å². The Balaban J connectivity index is 0.000000606. The largest absolute Gasteiger partial charge is 0.465 e. The first-order chi connectivity index (χ1) is 7.81. The van der Waals surface area contributed by atoms with Crippen molar-refractivity contribution in [1.82, 2.24) is 10.2 Å². The van der Waals surface area contributed by atoms with Crippen molar-refractivity contribution in [3.8, 4) is 10.4 Å². The third-order valence-corrected chi connectivity index (χ3v) is 2.78. The van der Waals surface area contributed by atoms with Crippen molar-refractivity contribution in [3.05, 3.63) is 29.4 Å². The smallest absolute Gasteiger partial charge is 0.338 e. The highest BCUT2D eigenvalue weighted by molar-refractivity contribution is 7.13. The van der Waals surface area contributed by atoms with Crippen molar-refractivity contribution in [2.45, 2.75) is 13.8 Å². The van der Waals surface area contributed by atoms with Crippen molar-refractivity contribution in [2.24, 2.45) is 0 Å². The van der Waals surface area contributed by atoms with Crippen LogP contribution in [-0.4, -0.2) is 23.3 Å². The van der Waals surface area contributed by atoms with Gasteiger partial charge in [0.2, 0.25) is 0 Å². The number of aromatic amines is 1. The molecule has 0 amide bonds. The number of nitrogens with one attached hydrogen (secondary N) is 1. The number of ether oxygens (including phenoxy) is 1. The molecule has 16 heavy (non-hydrogen) atoms. The number of esters is 1. The molecule has 0 atom stereocenters. The number of hydrogen-bond donors (Lipinski definition) is 1. The predicted octanol–water partition coefficient (Wildman–Crippen LogP) is 2.95. The number of carbonyl (C=O) groups excluding carboxylic acids is 1. The van der Waals surface area contributed by atoms with Crippen LogP contribution in [0, 0.1) is 0 Å². The highest BCUT2D eigenvalue weighted by Gasteiger charge is 2.09. The molecule has 0 bridgehead atoms. The van der Waals surface area contributed by atoms with Gasteiger partial charge in [-0.1, -0.05) is 13.8 Å². The molecule has 0 saturated heterocycles. The van der Waals surface area contributed by atoms with Gasteiger partial charge in [-0.15, -0.1) is 11.3 Å². The lowest BCUT2D eigenvalue weighted by atomic mass is 10.2. The second-order valence-corrected chi connectivity index (χ2v) is 3.59. The molecule has 0 fully saturated rings. The fourth-order valence-corrected chi connectivity index (χ4v) is 1.96.